The normalized spacial score (nSPS) is 10.1. The van der Waals surface area contributed by atoms with E-state index in [1.165, 1.54) is 19.3 Å². The first-order valence-corrected chi connectivity index (χ1v) is 8.18. The number of thiocarbonyl (C=S) groups is 1. The monoisotopic (exact) mass is 356 g/mol. The fraction of sp³-hybridized carbons (Fsp3) is 0.467. The van der Waals surface area contributed by atoms with E-state index in [4.69, 9.17) is 12.2 Å². The Bertz CT molecular complexity index is 434. The SMILES string of the molecule is CCCCCCCC(=O)NC(=S)Nc1ccc(Br)cc1. The second kappa shape index (κ2) is 9.88. The van der Waals surface area contributed by atoms with Crippen molar-refractivity contribution in [2.24, 2.45) is 0 Å². The first-order valence-electron chi connectivity index (χ1n) is 6.98. The van der Waals surface area contributed by atoms with E-state index in [-0.39, 0.29) is 5.91 Å². The molecule has 0 saturated carbocycles. The lowest BCUT2D eigenvalue weighted by Gasteiger charge is -2.09. The molecule has 0 aliphatic carbocycles. The molecule has 0 fully saturated rings. The lowest BCUT2D eigenvalue weighted by Crippen LogP contribution is -2.33. The van der Waals surface area contributed by atoms with Gasteiger partial charge in [0.15, 0.2) is 5.11 Å². The van der Waals surface area contributed by atoms with Crippen molar-refractivity contribution >= 4 is 44.9 Å². The summed E-state index contributed by atoms with van der Waals surface area (Å²) in [7, 11) is 0. The van der Waals surface area contributed by atoms with Crippen LogP contribution < -0.4 is 10.6 Å². The maximum absolute atomic E-state index is 11.7. The van der Waals surface area contributed by atoms with Gasteiger partial charge in [-0.05, 0) is 42.9 Å². The Kier molecular flexibility index (Phi) is 8.46. The van der Waals surface area contributed by atoms with Crippen molar-refractivity contribution in [2.45, 2.75) is 45.4 Å². The van der Waals surface area contributed by atoms with Gasteiger partial charge in [-0.2, -0.15) is 0 Å². The number of unbranched alkanes of at least 4 members (excludes halogenated alkanes) is 4. The summed E-state index contributed by atoms with van der Waals surface area (Å²) in [5, 5.41) is 6.05. The predicted octanol–water partition coefficient (Wildman–Crippen LogP) is 4.62. The number of halogens is 1. The molecular weight excluding hydrogens is 336 g/mol. The molecule has 0 aliphatic heterocycles. The van der Waals surface area contributed by atoms with Crippen LogP contribution in [0.5, 0.6) is 0 Å². The third kappa shape index (κ3) is 7.60. The highest BCUT2D eigenvalue weighted by molar-refractivity contribution is 9.10. The van der Waals surface area contributed by atoms with Gasteiger partial charge in [0.2, 0.25) is 5.91 Å². The standard InChI is InChI=1S/C15H21BrN2OS/c1-2-3-4-5-6-7-14(19)18-15(20)17-13-10-8-12(16)9-11-13/h8-11H,2-7H2,1H3,(H2,17,18,19,20). The van der Waals surface area contributed by atoms with Gasteiger partial charge in [0.05, 0.1) is 0 Å². The summed E-state index contributed by atoms with van der Waals surface area (Å²) >= 11 is 8.48. The molecule has 20 heavy (non-hydrogen) atoms. The average Bonchev–Trinajstić information content (AvgIpc) is 2.41. The van der Waals surface area contributed by atoms with Gasteiger partial charge in [-0.25, -0.2) is 0 Å². The van der Waals surface area contributed by atoms with Gasteiger partial charge < -0.3 is 10.6 Å². The van der Waals surface area contributed by atoms with Crippen LogP contribution in [0.15, 0.2) is 28.7 Å². The minimum Gasteiger partial charge on any atom is -0.332 e. The van der Waals surface area contributed by atoms with Crippen molar-refractivity contribution < 1.29 is 4.79 Å². The van der Waals surface area contributed by atoms with Crippen LogP contribution in [0.25, 0.3) is 0 Å². The van der Waals surface area contributed by atoms with E-state index in [2.05, 4.69) is 33.5 Å². The summed E-state index contributed by atoms with van der Waals surface area (Å²) < 4.78 is 1.00. The van der Waals surface area contributed by atoms with Crippen molar-refractivity contribution in [3.63, 3.8) is 0 Å². The van der Waals surface area contributed by atoms with Gasteiger partial charge in [0.25, 0.3) is 0 Å². The first kappa shape index (κ1) is 17.1. The molecule has 0 heterocycles. The number of hydrogen-bond acceptors (Lipinski definition) is 2. The lowest BCUT2D eigenvalue weighted by atomic mass is 10.1. The maximum atomic E-state index is 11.7. The van der Waals surface area contributed by atoms with Crippen LogP contribution in [-0.4, -0.2) is 11.0 Å². The zero-order valence-corrected chi connectivity index (χ0v) is 14.1. The third-order valence-electron chi connectivity index (χ3n) is 2.86. The quantitative estimate of drug-likeness (QED) is 0.553. The van der Waals surface area contributed by atoms with Crippen molar-refractivity contribution in [1.29, 1.82) is 0 Å². The third-order valence-corrected chi connectivity index (χ3v) is 3.60. The molecule has 0 spiro atoms. The molecule has 3 nitrogen and oxygen atoms in total. The summed E-state index contributed by atoms with van der Waals surface area (Å²) in [5.74, 6) is -0.0175. The van der Waals surface area contributed by atoms with Gasteiger partial charge in [0.1, 0.15) is 0 Å². The molecule has 0 radical (unpaired) electrons. The number of rotatable bonds is 7. The van der Waals surface area contributed by atoms with E-state index in [0.717, 1.165) is 23.0 Å². The van der Waals surface area contributed by atoms with Gasteiger partial charge in [-0.1, -0.05) is 48.5 Å². The number of carbonyl (C=O) groups is 1. The molecule has 1 amide bonds. The van der Waals surface area contributed by atoms with Crippen LogP contribution >= 0.6 is 28.1 Å². The van der Waals surface area contributed by atoms with Gasteiger partial charge in [-0.15, -0.1) is 0 Å². The number of carbonyl (C=O) groups excluding carboxylic acids is 1. The van der Waals surface area contributed by atoms with Gasteiger partial charge in [0, 0.05) is 16.6 Å². The molecule has 1 rings (SSSR count). The minimum atomic E-state index is -0.0175. The second-order valence-corrected chi connectivity index (χ2v) is 6.00. The summed E-state index contributed by atoms with van der Waals surface area (Å²) in [4.78, 5) is 11.7. The van der Waals surface area contributed by atoms with E-state index < -0.39 is 0 Å². The number of anilines is 1. The highest BCUT2D eigenvalue weighted by Gasteiger charge is 2.04. The van der Waals surface area contributed by atoms with Gasteiger partial charge in [-0.3, -0.25) is 4.79 Å². The van der Waals surface area contributed by atoms with E-state index in [9.17, 15) is 4.79 Å². The largest absolute Gasteiger partial charge is 0.332 e. The molecule has 110 valence electrons. The predicted molar refractivity (Wildman–Crippen MR) is 91.9 cm³/mol. The Morgan fingerprint density at radius 1 is 1.15 bits per heavy atom. The Balaban J connectivity index is 2.21. The molecule has 1 aromatic rings. The highest BCUT2D eigenvalue weighted by Crippen LogP contribution is 2.13. The van der Waals surface area contributed by atoms with E-state index >= 15 is 0 Å². The van der Waals surface area contributed by atoms with Crippen LogP contribution in [0.1, 0.15) is 45.4 Å². The number of hydrogen-bond donors (Lipinski definition) is 2. The van der Waals surface area contributed by atoms with Crippen LogP contribution in [0.4, 0.5) is 5.69 Å². The van der Waals surface area contributed by atoms with Crippen LogP contribution in [-0.2, 0) is 4.79 Å². The summed E-state index contributed by atoms with van der Waals surface area (Å²) in [6.07, 6.45) is 6.22. The van der Waals surface area contributed by atoms with E-state index in [1.807, 2.05) is 24.3 Å². The molecule has 0 aliphatic rings. The molecule has 1 aromatic carbocycles. The molecule has 0 saturated heterocycles. The number of nitrogens with one attached hydrogen (secondary N) is 2. The van der Waals surface area contributed by atoms with Crippen LogP contribution in [0.3, 0.4) is 0 Å². The fourth-order valence-electron chi connectivity index (χ4n) is 1.77. The summed E-state index contributed by atoms with van der Waals surface area (Å²) in [6.45, 7) is 2.18. The molecule has 0 atom stereocenters. The molecule has 5 heteroatoms. The Morgan fingerprint density at radius 2 is 1.80 bits per heavy atom. The first-order chi connectivity index (χ1) is 9.61. The van der Waals surface area contributed by atoms with E-state index in [0.29, 0.717) is 11.5 Å². The van der Waals surface area contributed by atoms with Crippen molar-refractivity contribution in [2.75, 3.05) is 5.32 Å². The summed E-state index contributed by atoms with van der Waals surface area (Å²) in [5.41, 5.74) is 0.862. The zero-order chi connectivity index (χ0) is 14.8. The van der Waals surface area contributed by atoms with Crippen molar-refractivity contribution in [3.05, 3.63) is 28.7 Å². The molecule has 2 N–H and O–H groups in total. The Morgan fingerprint density at radius 3 is 2.45 bits per heavy atom. The van der Waals surface area contributed by atoms with E-state index in [1.54, 1.807) is 0 Å². The van der Waals surface area contributed by atoms with Crippen molar-refractivity contribution in [3.8, 4) is 0 Å². The topological polar surface area (TPSA) is 41.1 Å². The second-order valence-electron chi connectivity index (χ2n) is 4.67. The van der Waals surface area contributed by atoms with Crippen molar-refractivity contribution in [1.82, 2.24) is 5.32 Å². The Hall–Kier alpha value is -0.940. The zero-order valence-electron chi connectivity index (χ0n) is 11.7. The minimum absolute atomic E-state index is 0.0175. The molecule has 0 unspecified atom stereocenters. The van der Waals surface area contributed by atoms with Crippen LogP contribution in [0, 0.1) is 0 Å². The smallest absolute Gasteiger partial charge is 0.226 e. The maximum Gasteiger partial charge on any atom is 0.226 e. The fourth-order valence-corrected chi connectivity index (χ4v) is 2.27. The number of amides is 1. The van der Waals surface area contributed by atoms with Crippen LogP contribution in [0.2, 0.25) is 0 Å². The Labute approximate surface area is 134 Å². The van der Waals surface area contributed by atoms with Gasteiger partial charge >= 0.3 is 0 Å². The lowest BCUT2D eigenvalue weighted by molar-refractivity contribution is -0.119. The number of benzene rings is 1. The highest BCUT2D eigenvalue weighted by atomic mass is 79.9. The molecular formula is C15H21BrN2OS. The average molecular weight is 357 g/mol. The molecule has 0 bridgehead atoms. The summed E-state index contributed by atoms with van der Waals surface area (Å²) in [6, 6.07) is 7.63. The molecule has 0 aromatic heterocycles.